The van der Waals surface area contributed by atoms with Crippen molar-refractivity contribution in [3.63, 3.8) is 0 Å². The van der Waals surface area contributed by atoms with Crippen molar-refractivity contribution >= 4 is 63.0 Å². The number of rotatable bonds is 0. The monoisotopic (exact) mass is 652 g/mol. The Morgan fingerprint density at radius 3 is 0.312 bits per heavy atom. The van der Waals surface area contributed by atoms with Crippen LogP contribution in [0.15, 0.2) is 0 Å². The van der Waals surface area contributed by atoms with Crippen LogP contribution in [0, 0.1) is 0 Å². The maximum Gasteiger partial charge on any atom is 1.00 e. The predicted molar refractivity (Wildman–Crippen MR) is 64.8 cm³/mol. The van der Waals surface area contributed by atoms with Crippen LogP contribution < -0.4 is 18.9 Å². The molecule has 0 fully saturated rings. The Labute approximate surface area is 200 Å². The summed E-state index contributed by atoms with van der Waals surface area (Å²) in [5.41, 5.74) is 0. The van der Waals surface area contributed by atoms with E-state index in [1.807, 2.05) is 0 Å². The summed E-state index contributed by atoms with van der Waals surface area (Å²) in [6.45, 7) is 0. The van der Waals surface area contributed by atoms with Gasteiger partial charge in [-0.3, -0.25) is 0 Å². The van der Waals surface area contributed by atoms with Crippen molar-refractivity contribution in [2.75, 3.05) is 0 Å². The molecule has 0 aliphatic carbocycles. The molecule has 0 unspecified atom stereocenters. The second kappa shape index (κ2) is 21.7. The van der Waals surface area contributed by atoms with Gasteiger partial charge in [-0.25, -0.2) is 50.5 Å². The van der Waals surface area contributed by atoms with E-state index in [2.05, 4.69) is 0 Å². The first-order valence-electron chi connectivity index (χ1n) is 3.93. The van der Waals surface area contributed by atoms with Crippen LogP contribution in [-0.4, -0.2) is 77.8 Å². The summed E-state index contributed by atoms with van der Waals surface area (Å²) < 4.78 is 212. The zero-order valence-corrected chi connectivity index (χ0v) is 19.8. The molecular formula is F6LiO18S6V-5. The zero-order chi connectivity index (χ0) is 27.0. The first-order chi connectivity index (χ1) is 12.0. The van der Waals surface area contributed by atoms with Crippen molar-refractivity contribution in [1.82, 2.24) is 0 Å². The SMILES string of the molecule is O=S(=O)([O-])F.O=S(=O)([O-])F.O=S(=O)([O-])F.O=S(=O)([O-])F.O=S(=O)([O-])F.O=S(=O)([O-])F.[Li+].[V]. The third-order valence-corrected chi connectivity index (χ3v) is 0. The summed E-state index contributed by atoms with van der Waals surface area (Å²) in [4.78, 5) is 0. The molecule has 0 saturated heterocycles. The van der Waals surface area contributed by atoms with Crippen LogP contribution in [0.2, 0.25) is 0 Å². The maximum atomic E-state index is 10.1. The van der Waals surface area contributed by atoms with Crippen LogP contribution >= 0.6 is 0 Å². The van der Waals surface area contributed by atoms with Gasteiger partial charge in [0.25, 0.3) is 63.0 Å². The van der Waals surface area contributed by atoms with Gasteiger partial charge in [-0.1, -0.05) is 0 Å². The summed E-state index contributed by atoms with van der Waals surface area (Å²) in [7, 11) is -32.5. The quantitative estimate of drug-likeness (QED) is 0.102. The van der Waals surface area contributed by atoms with E-state index < -0.39 is 63.0 Å². The van der Waals surface area contributed by atoms with Gasteiger partial charge in [0, 0.05) is 18.6 Å². The van der Waals surface area contributed by atoms with Gasteiger partial charge < -0.3 is 27.3 Å². The summed E-state index contributed by atoms with van der Waals surface area (Å²) in [6.07, 6.45) is 0. The minimum atomic E-state index is -5.42. The third-order valence-electron chi connectivity index (χ3n) is 0. The number of hydrogen-bond donors (Lipinski definition) is 0. The van der Waals surface area contributed by atoms with Crippen LogP contribution in [-0.2, 0) is 81.6 Å². The molecule has 18 nitrogen and oxygen atoms in total. The first-order valence-corrected chi connectivity index (χ1v) is 11.8. The number of hydrogen-bond acceptors (Lipinski definition) is 18. The molecule has 0 N–H and O–H groups in total. The summed E-state index contributed by atoms with van der Waals surface area (Å²) in [5, 5.41) is 0. The smallest absolute Gasteiger partial charge is 0.722 e. The minimum absolute atomic E-state index is 0. The largest absolute Gasteiger partial charge is 1.00 e. The van der Waals surface area contributed by atoms with Gasteiger partial charge in [0.05, 0.1) is 0 Å². The topological polar surface area (TPSA) is 343 Å². The summed E-state index contributed by atoms with van der Waals surface area (Å²) in [6, 6.07) is 0. The first kappa shape index (κ1) is 53.5. The molecule has 0 aromatic carbocycles. The molecular weight excluding hydrogens is 652 g/mol. The minimum Gasteiger partial charge on any atom is -0.722 e. The molecule has 0 aromatic heterocycles. The van der Waals surface area contributed by atoms with E-state index in [9.17, 15) is 23.3 Å². The molecule has 0 spiro atoms. The Kier molecular flexibility index (Phi) is 36.4. The van der Waals surface area contributed by atoms with Crippen molar-refractivity contribution in [3.8, 4) is 0 Å². The normalized spacial score (nSPS) is 10.9. The second-order valence-corrected chi connectivity index (χ2v) is 7.08. The average molecular weight is 652 g/mol. The van der Waals surface area contributed by atoms with Crippen molar-refractivity contribution in [2.45, 2.75) is 0 Å². The predicted octanol–water partition coefficient (Wildman–Crippen LogP) is -6.50. The van der Waals surface area contributed by atoms with Crippen molar-refractivity contribution in [1.29, 1.82) is 0 Å². The van der Waals surface area contributed by atoms with E-state index in [1.165, 1.54) is 0 Å². The maximum absolute atomic E-state index is 10.1. The van der Waals surface area contributed by atoms with E-state index in [0.717, 1.165) is 0 Å². The van der Waals surface area contributed by atoms with E-state index in [1.54, 1.807) is 0 Å². The van der Waals surface area contributed by atoms with Crippen LogP contribution in [0.25, 0.3) is 0 Å². The molecule has 0 heterocycles. The molecule has 32 heteroatoms. The summed E-state index contributed by atoms with van der Waals surface area (Å²) in [5.74, 6) is 0. The molecule has 0 aliphatic rings. The molecule has 32 heavy (non-hydrogen) atoms. The van der Waals surface area contributed by atoms with Gasteiger partial charge in [-0.2, -0.15) is 0 Å². The molecule has 1 radical (unpaired) electrons. The molecule has 0 aliphatic heterocycles. The molecule has 0 aromatic rings. The van der Waals surface area contributed by atoms with Gasteiger partial charge >= 0.3 is 18.9 Å². The average Bonchev–Trinajstić information content (AvgIpc) is 1.94. The molecule has 0 bridgehead atoms. The second-order valence-electron chi connectivity index (χ2n) is 2.36. The van der Waals surface area contributed by atoms with E-state index in [4.69, 9.17) is 77.8 Å². The van der Waals surface area contributed by atoms with Gasteiger partial charge in [-0.05, 0) is 0 Å². The third kappa shape index (κ3) is 524000. The number of halogens is 6. The molecule has 0 rings (SSSR count). The van der Waals surface area contributed by atoms with Crippen LogP contribution in [0.1, 0.15) is 0 Å². The van der Waals surface area contributed by atoms with E-state index >= 15 is 0 Å². The Hall–Kier alpha value is 0.222. The Morgan fingerprint density at radius 2 is 0.312 bits per heavy atom. The zero-order valence-electron chi connectivity index (χ0n) is 13.5. The van der Waals surface area contributed by atoms with Gasteiger partial charge in [-0.15, -0.1) is 23.3 Å². The fraction of sp³-hybridized carbons (Fsp3) is 0. The molecule has 197 valence electrons. The Bertz CT molecular complexity index is 786. The Balaban J connectivity index is -0.0000000356. The Morgan fingerprint density at radius 1 is 0.312 bits per heavy atom. The fourth-order valence-electron chi connectivity index (χ4n) is 0. The van der Waals surface area contributed by atoms with Crippen molar-refractivity contribution < 1.29 is 139 Å². The van der Waals surface area contributed by atoms with E-state index in [-0.39, 0.29) is 37.4 Å². The van der Waals surface area contributed by atoms with Gasteiger partial charge in [0.2, 0.25) is 0 Å². The van der Waals surface area contributed by atoms with Crippen LogP contribution in [0.5, 0.6) is 0 Å². The fourth-order valence-corrected chi connectivity index (χ4v) is 0. The molecule has 0 amide bonds. The molecule has 0 atom stereocenters. The molecule has 0 saturated carbocycles. The van der Waals surface area contributed by atoms with Crippen molar-refractivity contribution in [2.24, 2.45) is 0 Å². The van der Waals surface area contributed by atoms with Gasteiger partial charge in [0.1, 0.15) is 0 Å². The van der Waals surface area contributed by atoms with Crippen molar-refractivity contribution in [3.05, 3.63) is 0 Å². The standard InChI is InChI=1S/6FHO3S.Li.V/c6*1-5(2,3)4;;/h6*(H,2,3,4);;/q;;;;;;+1;/p-6. The van der Waals surface area contributed by atoms with E-state index in [0.29, 0.717) is 0 Å². The van der Waals surface area contributed by atoms with Crippen LogP contribution in [0.3, 0.4) is 0 Å². The van der Waals surface area contributed by atoms with Crippen LogP contribution in [0.4, 0.5) is 23.3 Å². The van der Waals surface area contributed by atoms with Gasteiger partial charge in [0.15, 0.2) is 0 Å². The summed E-state index contributed by atoms with van der Waals surface area (Å²) >= 11 is 0.